The highest BCUT2D eigenvalue weighted by atomic mass is 16.3. The molecule has 1 atom stereocenters. The van der Waals surface area contributed by atoms with Crippen LogP contribution in [0.1, 0.15) is 34.3 Å². The molecule has 1 aromatic carbocycles. The van der Waals surface area contributed by atoms with Gasteiger partial charge in [0.05, 0.1) is 17.9 Å². The molecule has 21 heavy (non-hydrogen) atoms. The van der Waals surface area contributed by atoms with Gasteiger partial charge in [-0.2, -0.15) is 5.10 Å². The second kappa shape index (κ2) is 5.22. The van der Waals surface area contributed by atoms with Gasteiger partial charge < -0.3 is 10.2 Å². The molecule has 2 N–H and O–H groups in total. The molecule has 0 aliphatic carbocycles. The van der Waals surface area contributed by atoms with Crippen molar-refractivity contribution in [1.82, 2.24) is 9.78 Å². The summed E-state index contributed by atoms with van der Waals surface area (Å²) in [7, 11) is 0. The quantitative estimate of drug-likeness (QED) is 0.800. The Morgan fingerprint density at radius 3 is 2.43 bits per heavy atom. The topological polar surface area (TPSA) is 57.0 Å². The van der Waals surface area contributed by atoms with Crippen molar-refractivity contribution in [2.24, 2.45) is 5.73 Å². The van der Waals surface area contributed by atoms with Crippen LogP contribution in [0.3, 0.4) is 0 Å². The van der Waals surface area contributed by atoms with Crippen molar-refractivity contribution in [3.05, 3.63) is 70.9 Å². The Balaban J connectivity index is 1.96. The largest absolute Gasteiger partial charge is 0.466 e. The molecule has 4 nitrogen and oxygen atoms in total. The predicted octanol–water partition coefficient (Wildman–Crippen LogP) is 3.44. The van der Waals surface area contributed by atoms with Crippen molar-refractivity contribution in [2.75, 3.05) is 0 Å². The number of hydrogen-bond acceptors (Lipinski definition) is 3. The van der Waals surface area contributed by atoms with E-state index in [4.69, 9.17) is 10.2 Å². The maximum Gasteiger partial charge on any atom is 0.106 e. The molecule has 0 aliphatic heterocycles. The van der Waals surface area contributed by atoms with E-state index in [0.717, 1.165) is 33.9 Å². The summed E-state index contributed by atoms with van der Waals surface area (Å²) in [5, 5.41) is 4.41. The van der Waals surface area contributed by atoms with E-state index in [1.165, 1.54) is 0 Å². The van der Waals surface area contributed by atoms with Gasteiger partial charge >= 0.3 is 0 Å². The SMILES string of the molecule is Cc1oc(C)c(C(N)c2cnn(-c3ccccc3)c2)c1C. The number of hydrogen-bond donors (Lipinski definition) is 1. The normalized spacial score (nSPS) is 12.6. The third-order valence-corrected chi connectivity index (χ3v) is 3.91. The molecule has 0 bridgehead atoms. The predicted molar refractivity (Wildman–Crippen MR) is 82.5 cm³/mol. The van der Waals surface area contributed by atoms with Crippen molar-refractivity contribution in [3.63, 3.8) is 0 Å². The van der Waals surface area contributed by atoms with Crippen molar-refractivity contribution in [2.45, 2.75) is 26.8 Å². The average molecular weight is 281 g/mol. The molecule has 2 heterocycles. The molecule has 3 aromatic rings. The van der Waals surface area contributed by atoms with E-state index >= 15 is 0 Å². The second-order valence-electron chi connectivity index (χ2n) is 5.28. The van der Waals surface area contributed by atoms with Crippen LogP contribution >= 0.6 is 0 Å². The van der Waals surface area contributed by atoms with Crippen LogP contribution in [0.15, 0.2) is 47.1 Å². The molecule has 1 unspecified atom stereocenters. The van der Waals surface area contributed by atoms with E-state index in [-0.39, 0.29) is 6.04 Å². The summed E-state index contributed by atoms with van der Waals surface area (Å²) in [6, 6.07) is 9.77. The van der Waals surface area contributed by atoms with Gasteiger partial charge in [0.2, 0.25) is 0 Å². The molecular formula is C17H19N3O. The Kier molecular flexibility index (Phi) is 3.39. The molecule has 4 heteroatoms. The van der Waals surface area contributed by atoms with Gasteiger partial charge in [-0.3, -0.25) is 0 Å². The number of benzene rings is 1. The van der Waals surface area contributed by atoms with Crippen LogP contribution in [-0.2, 0) is 0 Å². The van der Waals surface area contributed by atoms with E-state index in [9.17, 15) is 0 Å². The van der Waals surface area contributed by atoms with Gasteiger partial charge in [0.25, 0.3) is 0 Å². The Bertz CT molecular complexity index is 756. The molecule has 0 fully saturated rings. The smallest absolute Gasteiger partial charge is 0.106 e. The highest BCUT2D eigenvalue weighted by Crippen LogP contribution is 2.29. The maximum absolute atomic E-state index is 6.41. The lowest BCUT2D eigenvalue weighted by Crippen LogP contribution is -2.12. The first-order valence-electron chi connectivity index (χ1n) is 7.00. The number of furan rings is 1. The van der Waals surface area contributed by atoms with E-state index < -0.39 is 0 Å². The van der Waals surface area contributed by atoms with E-state index in [2.05, 4.69) is 5.10 Å². The van der Waals surface area contributed by atoms with Crippen LogP contribution in [0.2, 0.25) is 0 Å². The zero-order valence-electron chi connectivity index (χ0n) is 12.5. The summed E-state index contributed by atoms with van der Waals surface area (Å²) in [5.74, 6) is 1.80. The van der Waals surface area contributed by atoms with Crippen LogP contribution in [0.5, 0.6) is 0 Å². The standard InChI is InChI=1S/C17H19N3O/c1-11-12(2)21-13(3)16(11)17(18)14-9-19-20(10-14)15-7-5-4-6-8-15/h4-10,17H,18H2,1-3H3. The number of nitrogens with two attached hydrogens (primary N) is 1. The van der Waals surface area contributed by atoms with Crippen LogP contribution in [-0.4, -0.2) is 9.78 Å². The summed E-state index contributed by atoms with van der Waals surface area (Å²) >= 11 is 0. The lowest BCUT2D eigenvalue weighted by atomic mass is 9.99. The van der Waals surface area contributed by atoms with Gasteiger partial charge in [0, 0.05) is 17.3 Å². The molecule has 0 amide bonds. The van der Waals surface area contributed by atoms with Gasteiger partial charge in [0.1, 0.15) is 11.5 Å². The average Bonchev–Trinajstić information content (AvgIpc) is 3.06. The number of nitrogens with zero attached hydrogens (tertiary/aromatic N) is 2. The van der Waals surface area contributed by atoms with Gasteiger partial charge in [-0.15, -0.1) is 0 Å². The van der Waals surface area contributed by atoms with E-state index in [0.29, 0.717) is 0 Å². The molecule has 0 aliphatic rings. The van der Waals surface area contributed by atoms with Gasteiger partial charge in [-0.1, -0.05) is 18.2 Å². The minimum atomic E-state index is -0.222. The fourth-order valence-corrected chi connectivity index (χ4v) is 2.65. The number of rotatable bonds is 3. The summed E-state index contributed by atoms with van der Waals surface area (Å²) in [5.41, 5.74) is 10.6. The third-order valence-electron chi connectivity index (χ3n) is 3.91. The molecule has 0 saturated heterocycles. The minimum Gasteiger partial charge on any atom is -0.466 e. The molecule has 3 rings (SSSR count). The molecule has 0 saturated carbocycles. The van der Waals surface area contributed by atoms with Gasteiger partial charge in [0.15, 0.2) is 0 Å². The molecule has 2 aromatic heterocycles. The lowest BCUT2D eigenvalue weighted by Gasteiger charge is -2.10. The Labute approximate surface area is 124 Å². The van der Waals surface area contributed by atoms with Crippen molar-refractivity contribution in [3.8, 4) is 5.69 Å². The first kappa shape index (κ1) is 13.6. The summed E-state index contributed by atoms with van der Waals surface area (Å²) in [6.45, 7) is 5.96. The lowest BCUT2D eigenvalue weighted by molar-refractivity contribution is 0.498. The molecule has 0 spiro atoms. The maximum atomic E-state index is 6.41. The fraction of sp³-hybridized carbons (Fsp3) is 0.235. The van der Waals surface area contributed by atoms with Crippen LogP contribution in [0.25, 0.3) is 5.69 Å². The third kappa shape index (κ3) is 2.38. The zero-order valence-corrected chi connectivity index (χ0v) is 12.5. The highest BCUT2D eigenvalue weighted by molar-refractivity contribution is 5.40. The summed E-state index contributed by atoms with van der Waals surface area (Å²) < 4.78 is 7.51. The Hall–Kier alpha value is -2.33. The Morgan fingerprint density at radius 2 is 1.81 bits per heavy atom. The molecule has 108 valence electrons. The monoisotopic (exact) mass is 281 g/mol. The second-order valence-corrected chi connectivity index (χ2v) is 5.28. The zero-order chi connectivity index (χ0) is 15.0. The first-order chi connectivity index (χ1) is 10.1. The number of para-hydroxylation sites is 1. The van der Waals surface area contributed by atoms with E-state index in [1.54, 1.807) is 0 Å². The fourth-order valence-electron chi connectivity index (χ4n) is 2.65. The highest BCUT2D eigenvalue weighted by Gasteiger charge is 2.20. The minimum absolute atomic E-state index is 0.222. The molecule has 0 radical (unpaired) electrons. The first-order valence-corrected chi connectivity index (χ1v) is 7.00. The summed E-state index contributed by atoms with van der Waals surface area (Å²) in [6.07, 6.45) is 3.79. The van der Waals surface area contributed by atoms with Crippen LogP contribution in [0.4, 0.5) is 0 Å². The van der Waals surface area contributed by atoms with Gasteiger partial charge in [-0.25, -0.2) is 4.68 Å². The van der Waals surface area contributed by atoms with Gasteiger partial charge in [-0.05, 0) is 38.5 Å². The van der Waals surface area contributed by atoms with E-state index in [1.807, 2.05) is 68.2 Å². The van der Waals surface area contributed by atoms with Crippen molar-refractivity contribution < 1.29 is 4.42 Å². The number of aryl methyl sites for hydroxylation is 2. The van der Waals surface area contributed by atoms with Crippen molar-refractivity contribution in [1.29, 1.82) is 0 Å². The molecular weight excluding hydrogens is 262 g/mol. The summed E-state index contributed by atoms with van der Waals surface area (Å²) in [4.78, 5) is 0. The van der Waals surface area contributed by atoms with Crippen molar-refractivity contribution >= 4 is 0 Å². The van der Waals surface area contributed by atoms with Crippen LogP contribution < -0.4 is 5.73 Å². The number of aromatic nitrogens is 2. The van der Waals surface area contributed by atoms with Crippen LogP contribution in [0, 0.1) is 20.8 Å². The Morgan fingerprint density at radius 1 is 1.10 bits per heavy atom.